The number of nitrogens with zero attached hydrogens (tertiary/aromatic N) is 3. The van der Waals surface area contributed by atoms with Crippen LogP contribution in [0.2, 0.25) is 5.02 Å². The van der Waals surface area contributed by atoms with Crippen molar-refractivity contribution in [2.45, 2.75) is 26.2 Å². The SMILES string of the molecule is CCN(CC(=O)N1CC(=O)N(c2ccc(Cl)cc2)C1)C(=O)C1CCC1. The van der Waals surface area contributed by atoms with E-state index in [2.05, 4.69) is 0 Å². The first-order valence-electron chi connectivity index (χ1n) is 8.62. The monoisotopic (exact) mass is 363 g/mol. The third-order valence-corrected chi connectivity index (χ3v) is 5.16. The number of hydrogen-bond acceptors (Lipinski definition) is 3. The van der Waals surface area contributed by atoms with E-state index in [-0.39, 0.29) is 43.4 Å². The van der Waals surface area contributed by atoms with Crippen molar-refractivity contribution in [2.75, 3.05) is 31.2 Å². The lowest BCUT2D eigenvalue weighted by Gasteiger charge is -2.31. The van der Waals surface area contributed by atoms with E-state index in [9.17, 15) is 14.4 Å². The predicted octanol–water partition coefficient (Wildman–Crippen LogP) is 2.12. The minimum atomic E-state index is -0.195. The fourth-order valence-corrected chi connectivity index (χ4v) is 3.21. The Morgan fingerprint density at radius 1 is 1.24 bits per heavy atom. The van der Waals surface area contributed by atoms with Crippen molar-refractivity contribution in [2.24, 2.45) is 5.92 Å². The quantitative estimate of drug-likeness (QED) is 0.805. The first-order chi connectivity index (χ1) is 12.0. The zero-order chi connectivity index (χ0) is 18.0. The smallest absolute Gasteiger partial charge is 0.248 e. The summed E-state index contributed by atoms with van der Waals surface area (Å²) in [6.07, 6.45) is 2.91. The van der Waals surface area contributed by atoms with Gasteiger partial charge in [0.15, 0.2) is 0 Å². The van der Waals surface area contributed by atoms with Gasteiger partial charge in [0, 0.05) is 23.2 Å². The summed E-state index contributed by atoms with van der Waals surface area (Å²) < 4.78 is 0. The summed E-state index contributed by atoms with van der Waals surface area (Å²) in [6, 6.07) is 6.94. The van der Waals surface area contributed by atoms with Crippen LogP contribution in [0.5, 0.6) is 0 Å². The average Bonchev–Trinajstić information content (AvgIpc) is 2.93. The fraction of sp³-hybridized carbons (Fsp3) is 0.500. The van der Waals surface area contributed by atoms with Gasteiger partial charge in [-0.3, -0.25) is 19.3 Å². The van der Waals surface area contributed by atoms with Crippen LogP contribution in [0.25, 0.3) is 0 Å². The molecule has 1 aromatic carbocycles. The number of anilines is 1. The summed E-state index contributed by atoms with van der Waals surface area (Å²) in [7, 11) is 0. The van der Waals surface area contributed by atoms with E-state index < -0.39 is 0 Å². The van der Waals surface area contributed by atoms with Gasteiger partial charge in [0.25, 0.3) is 0 Å². The maximum absolute atomic E-state index is 12.6. The Morgan fingerprint density at radius 3 is 2.48 bits per heavy atom. The molecule has 1 heterocycles. The van der Waals surface area contributed by atoms with Crippen LogP contribution in [0.3, 0.4) is 0 Å². The molecular weight excluding hydrogens is 342 g/mol. The third-order valence-electron chi connectivity index (χ3n) is 4.90. The second kappa shape index (κ2) is 7.44. The zero-order valence-electron chi connectivity index (χ0n) is 14.3. The third kappa shape index (κ3) is 3.79. The Morgan fingerprint density at radius 2 is 1.92 bits per heavy atom. The first kappa shape index (κ1) is 17.7. The zero-order valence-corrected chi connectivity index (χ0v) is 15.0. The molecule has 0 atom stereocenters. The number of carbonyl (C=O) groups excluding carboxylic acids is 3. The molecule has 3 rings (SSSR count). The highest BCUT2D eigenvalue weighted by Crippen LogP contribution is 2.28. The van der Waals surface area contributed by atoms with Crippen molar-refractivity contribution in [1.29, 1.82) is 0 Å². The van der Waals surface area contributed by atoms with E-state index >= 15 is 0 Å². The van der Waals surface area contributed by atoms with Gasteiger partial charge in [-0.25, -0.2) is 0 Å². The lowest BCUT2D eigenvalue weighted by Crippen LogP contribution is -2.45. The summed E-state index contributed by atoms with van der Waals surface area (Å²) in [5, 5.41) is 0.594. The minimum Gasteiger partial charge on any atom is -0.333 e. The van der Waals surface area contributed by atoms with Gasteiger partial charge < -0.3 is 9.80 Å². The number of amides is 3. The van der Waals surface area contributed by atoms with Crippen LogP contribution in [-0.4, -0.2) is 53.8 Å². The Kier molecular flexibility index (Phi) is 5.27. The average molecular weight is 364 g/mol. The molecule has 1 aliphatic carbocycles. The molecule has 2 fully saturated rings. The number of halogens is 1. The molecule has 1 aromatic rings. The summed E-state index contributed by atoms with van der Waals surface area (Å²) in [6.45, 7) is 2.65. The molecule has 7 heteroatoms. The van der Waals surface area contributed by atoms with E-state index in [0.717, 1.165) is 19.3 Å². The second-order valence-corrected chi connectivity index (χ2v) is 6.95. The van der Waals surface area contributed by atoms with Crippen LogP contribution in [0.15, 0.2) is 24.3 Å². The van der Waals surface area contributed by atoms with Gasteiger partial charge in [0.1, 0.15) is 13.2 Å². The maximum atomic E-state index is 12.6. The lowest BCUT2D eigenvalue weighted by molar-refractivity contribution is -0.144. The molecule has 0 unspecified atom stereocenters. The van der Waals surface area contributed by atoms with Crippen LogP contribution >= 0.6 is 11.6 Å². The van der Waals surface area contributed by atoms with E-state index in [0.29, 0.717) is 17.3 Å². The molecule has 0 bridgehead atoms. The number of hydrogen-bond donors (Lipinski definition) is 0. The van der Waals surface area contributed by atoms with Crippen LogP contribution in [0.1, 0.15) is 26.2 Å². The van der Waals surface area contributed by atoms with Gasteiger partial charge in [-0.2, -0.15) is 0 Å². The first-order valence-corrected chi connectivity index (χ1v) is 9.00. The van der Waals surface area contributed by atoms with Crippen molar-refractivity contribution in [1.82, 2.24) is 9.80 Å². The molecule has 1 saturated carbocycles. The number of benzene rings is 1. The maximum Gasteiger partial charge on any atom is 0.248 e. The molecular formula is C18H22ClN3O3. The highest BCUT2D eigenvalue weighted by molar-refractivity contribution is 6.30. The van der Waals surface area contributed by atoms with E-state index in [1.54, 1.807) is 34.1 Å². The van der Waals surface area contributed by atoms with Crippen molar-refractivity contribution in [3.63, 3.8) is 0 Å². The number of rotatable bonds is 5. The minimum absolute atomic E-state index is 0.0353. The van der Waals surface area contributed by atoms with E-state index in [4.69, 9.17) is 11.6 Å². The van der Waals surface area contributed by atoms with E-state index in [1.165, 1.54) is 4.90 Å². The van der Waals surface area contributed by atoms with Gasteiger partial charge in [0.05, 0.1) is 6.54 Å². The Labute approximate surface area is 152 Å². The topological polar surface area (TPSA) is 60.9 Å². The standard InChI is InChI=1S/C18H22ClN3O3/c1-2-20(18(25)13-4-3-5-13)10-16(23)21-11-17(24)22(12-21)15-8-6-14(19)7-9-15/h6-9,13H,2-5,10-12H2,1H3. The molecule has 0 spiro atoms. The highest BCUT2D eigenvalue weighted by atomic mass is 35.5. The van der Waals surface area contributed by atoms with Crippen molar-refractivity contribution in [3.05, 3.63) is 29.3 Å². The molecule has 6 nitrogen and oxygen atoms in total. The normalized spacial score (nSPS) is 17.6. The fourth-order valence-electron chi connectivity index (χ4n) is 3.08. The van der Waals surface area contributed by atoms with Crippen LogP contribution in [0.4, 0.5) is 5.69 Å². The predicted molar refractivity (Wildman–Crippen MR) is 95.1 cm³/mol. The van der Waals surface area contributed by atoms with Crippen LogP contribution in [0, 0.1) is 5.92 Å². The van der Waals surface area contributed by atoms with Crippen molar-refractivity contribution >= 4 is 35.0 Å². The molecule has 0 N–H and O–H groups in total. The second-order valence-electron chi connectivity index (χ2n) is 6.51. The molecule has 134 valence electrons. The number of carbonyl (C=O) groups is 3. The Balaban J connectivity index is 1.61. The summed E-state index contributed by atoms with van der Waals surface area (Å²) in [4.78, 5) is 41.8. The van der Waals surface area contributed by atoms with Gasteiger partial charge in [0.2, 0.25) is 17.7 Å². The van der Waals surface area contributed by atoms with Gasteiger partial charge >= 0.3 is 0 Å². The number of likely N-dealkylation sites (N-methyl/N-ethyl adjacent to an activating group) is 1. The molecule has 2 aliphatic rings. The van der Waals surface area contributed by atoms with Crippen LogP contribution < -0.4 is 4.90 Å². The molecule has 0 aromatic heterocycles. The summed E-state index contributed by atoms with van der Waals surface area (Å²) >= 11 is 5.87. The summed E-state index contributed by atoms with van der Waals surface area (Å²) in [5.74, 6) is -0.205. The molecule has 1 saturated heterocycles. The Bertz CT molecular complexity index is 673. The Hall–Kier alpha value is -2.08. The molecule has 3 amide bonds. The van der Waals surface area contributed by atoms with Gasteiger partial charge in [-0.15, -0.1) is 0 Å². The van der Waals surface area contributed by atoms with Crippen LogP contribution in [-0.2, 0) is 14.4 Å². The van der Waals surface area contributed by atoms with E-state index in [1.807, 2.05) is 6.92 Å². The van der Waals surface area contributed by atoms with Gasteiger partial charge in [-0.05, 0) is 44.0 Å². The van der Waals surface area contributed by atoms with Crippen molar-refractivity contribution in [3.8, 4) is 0 Å². The molecule has 1 aliphatic heterocycles. The lowest BCUT2D eigenvalue weighted by atomic mass is 9.84. The van der Waals surface area contributed by atoms with Gasteiger partial charge in [-0.1, -0.05) is 18.0 Å². The summed E-state index contributed by atoms with van der Waals surface area (Å²) in [5.41, 5.74) is 0.711. The van der Waals surface area contributed by atoms with Crippen molar-refractivity contribution < 1.29 is 14.4 Å². The highest BCUT2D eigenvalue weighted by Gasteiger charge is 2.34. The largest absolute Gasteiger partial charge is 0.333 e. The molecule has 0 radical (unpaired) electrons. The molecule has 25 heavy (non-hydrogen) atoms.